The summed E-state index contributed by atoms with van der Waals surface area (Å²) in [7, 11) is 2.09. The summed E-state index contributed by atoms with van der Waals surface area (Å²) >= 11 is 0. The summed E-state index contributed by atoms with van der Waals surface area (Å²) in [5.41, 5.74) is 3.86. The minimum Gasteiger partial charge on any atom is -0.349 e. The Morgan fingerprint density at radius 3 is 2.46 bits per heavy atom. The Morgan fingerprint density at radius 2 is 1.92 bits per heavy atom. The zero-order valence-corrected chi connectivity index (χ0v) is 8.83. The number of aryl methyl sites for hydroxylation is 1. The van der Waals surface area contributed by atoms with Gasteiger partial charge in [-0.3, -0.25) is 0 Å². The van der Waals surface area contributed by atoms with Crippen molar-refractivity contribution < 1.29 is 0 Å². The molecule has 0 radical (unpaired) electrons. The highest BCUT2D eigenvalue weighted by molar-refractivity contribution is 5.56. The van der Waals surface area contributed by atoms with Crippen molar-refractivity contribution in [1.29, 1.82) is 0 Å². The predicted octanol–water partition coefficient (Wildman–Crippen LogP) is 3.35. The van der Waals surface area contributed by atoms with Crippen LogP contribution in [0.25, 0.3) is 0 Å². The van der Waals surface area contributed by atoms with Crippen molar-refractivity contribution in [2.45, 2.75) is 20.8 Å². The lowest BCUT2D eigenvalue weighted by Crippen LogP contribution is -2.14. The lowest BCUT2D eigenvalue weighted by molar-refractivity contribution is 1.07. The zero-order chi connectivity index (χ0) is 9.84. The molecule has 13 heavy (non-hydrogen) atoms. The van der Waals surface area contributed by atoms with Gasteiger partial charge in [-0.1, -0.05) is 24.3 Å². The Hall–Kier alpha value is -1.24. The van der Waals surface area contributed by atoms with Crippen LogP contribution in [0.5, 0.6) is 0 Å². The van der Waals surface area contributed by atoms with Gasteiger partial charge in [0.15, 0.2) is 0 Å². The van der Waals surface area contributed by atoms with Crippen LogP contribution in [-0.4, -0.2) is 7.05 Å². The molecule has 0 saturated heterocycles. The van der Waals surface area contributed by atoms with Crippen molar-refractivity contribution in [3.8, 4) is 0 Å². The molecule has 0 N–H and O–H groups in total. The average molecular weight is 175 g/mol. The summed E-state index contributed by atoms with van der Waals surface area (Å²) in [4.78, 5) is 2.20. The average Bonchev–Trinajstić information content (AvgIpc) is 2.16. The van der Waals surface area contributed by atoms with Crippen LogP contribution in [0.4, 0.5) is 5.69 Å². The molecule has 0 unspecified atom stereocenters. The quantitative estimate of drug-likeness (QED) is 0.666. The molecule has 0 bridgehead atoms. The first kappa shape index (κ1) is 9.85. The maximum absolute atomic E-state index is 2.20. The van der Waals surface area contributed by atoms with E-state index in [0.717, 1.165) is 0 Å². The molecule has 0 saturated carbocycles. The Bertz CT molecular complexity index is 313. The van der Waals surface area contributed by atoms with Gasteiger partial charge in [0.05, 0.1) is 0 Å². The van der Waals surface area contributed by atoms with E-state index >= 15 is 0 Å². The smallest absolute Gasteiger partial charge is 0.0435 e. The Morgan fingerprint density at radius 1 is 1.31 bits per heavy atom. The second kappa shape index (κ2) is 4.13. The Labute approximate surface area is 80.7 Å². The van der Waals surface area contributed by atoms with Gasteiger partial charge in [0, 0.05) is 18.4 Å². The monoisotopic (exact) mass is 175 g/mol. The summed E-state index contributed by atoms with van der Waals surface area (Å²) in [5, 5.41) is 0. The maximum Gasteiger partial charge on any atom is 0.0435 e. The Balaban J connectivity index is 3.02. The first-order valence-electron chi connectivity index (χ1n) is 4.59. The third-order valence-electron chi connectivity index (χ3n) is 2.42. The maximum atomic E-state index is 2.20. The van der Waals surface area contributed by atoms with E-state index in [1.165, 1.54) is 16.9 Å². The summed E-state index contributed by atoms with van der Waals surface area (Å²) < 4.78 is 0. The van der Waals surface area contributed by atoms with Crippen molar-refractivity contribution in [2.24, 2.45) is 0 Å². The molecule has 0 aromatic heterocycles. The van der Waals surface area contributed by atoms with Crippen LogP contribution in [0.3, 0.4) is 0 Å². The van der Waals surface area contributed by atoms with Gasteiger partial charge in [-0.15, -0.1) is 0 Å². The molecule has 1 aromatic carbocycles. The van der Waals surface area contributed by atoms with E-state index < -0.39 is 0 Å². The molecule has 0 amide bonds. The summed E-state index contributed by atoms with van der Waals surface area (Å²) in [5.74, 6) is 0. The molecule has 0 fully saturated rings. The predicted molar refractivity (Wildman–Crippen MR) is 59.0 cm³/mol. The van der Waals surface area contributed by atoms with Gasteiger partial charge in [-0.05, 0) is 32.4 Å². The second-order valence-electron chi connectivity index (χ2n) is 3.28. The van der Waals surface area contributed by atoms with Crippen molar-refractivity contribution >= 4 is 5.69 Å². The van der Waals surface area contributed by atoms with E-state index in [9.17, 15) is 0 Å². The van der Waals surface area contributed by atoms with Gasteiger partial charge in [-0.2, -0.15) is 0 Å². The first-order valence-corrected chi connectivity index (χ1v) is 4.59. The molecule has 0 spiro atoms. The molecule has 0 heterocycles. The van der Waals surface area contributed by atoms with E-state index in [0.29, 0.717) is 0 Å². The third-order valence-corrected chi connectivity index (χ3v) is 2.42. The van der Waals surface area contributed by atoms with E-state index in [2.05, 4.69) is 63.1 Å². The topological polar surface area (TPSA) is 3.24 Å². The molecule has 1 rings (SSSR count). The molecule has 0 atom stereocenters. The first-order chi connectivity index (χ1) is 6.16. The number of para-hydroxylation sites is 1. The van der Waals surface area contributed by atoms with Crippen LogP contribution in [0, 0.1) is 6.92 Å². The van der Waals surface area contributed by atoms with E-state index in [-0.39, 0.29) is 0 Å². The molecule has 1 nitrogen and oxygen atoms in total. The highest BCUT2D eigenvalue weighted by Crippen LogP contribution is 2.20. The standard InChI is InChI=1S/C12H17N/c1-5-11(3)13(4)12-9-7-6-8-10(12)2/h5-9H,1-4H3. The SMILES string of the molecule is CC=C(C)N(C)c1ccccc1C. The summed E-state index contributed by atoms with van der Waals surface area (Å²) in [6.45, 7) is 6.31. The highest BCUT2D eigenvalue weighted by Gasteiger charge is 2.03. The molecule has 0 aliphatic rings. The minimum absolute atomic E-state index is 1.27. The zero-order valence-electron chi connectivity index (χ0n) is 8.83. The molecule has 1 heteroatoms. The van der Waals surface area contributed by atoms with Gasteiger partial charge in [0.25, 0.3) is 0 Å². The van der Waals surface area contributed by atoms with Crippen LogP contribution >= 0.6 is 0 Å². The number of hydrogen-bond acceptors (Lipinski definition) is 1. The lowest BCUT2D eigenvalue weighted by atomic mass is 10.2. The van der Waals surface area contributed by atoms with Crippen LogP contribution in [0.2, 0.25) is 0 Å². The molecular weight excluding hydrogens is 158 g/mol. The minimum atomic E-state index is 1.27. The van der Waals surface area contributed by atoms with Gasteiger partial charge in [0.2, 0.25) is 0 Å². The van der Waals surface area contributed by atoms with Crippen molar-refractivity contribution in [2.75, 3.05) is 11.9 Å². The van der Waals surface area contributed by atoms with Crippen molar-refractivity contribution in [3.63, 3.8) is 0 Å². The van der Waals surface area contributed by atoms with E-state index in [4.69, 9.17) is 0 Å². The largest absolute Gasteiger partial charge is 0.349 e. The van der Waals surface area contributed by atoms with Crippen LogP contribution in [0.15, 0.2) is 36.0 Å². The number of allylic oxidation sites excluding steroid dienone is 2. The number of hydrogen-bond donors (Lipinski definition) is 0. The fourth-order valence-corrected chi connectivity index (χ4v) is 1.32. The number of benzene rings is 1. The number of nitrogens with zero attached hydrogens (tertiary/aromatic N) is 1. The van der Waals surface area contributed by atoms with E-state index in [1.54, 1.807) is 0 Å². The normalized spacial score (nSPS) is 11.5. The summed E-state index contributed by atoms with van der Waals surface area (Å²) in [6.07, 6.45) is 2.12. The second-order valence-corrected chi connectivity index (χ2v) is 3.28. The molecule has 0 aliphatic carbocycles. The van der Waals surface area contributed by atoms with Crippen LogP contribution < -0.4 is 4.90 Å². The fraction of sp³-hybridized carbons (Fsp3) is 0.333. The summed E-state index contributed by atoms with van der Waals surface area (Å²) in [6, 6.07) is 8.41. The molecule has 0 aliphatic heterocycles. The molecule has 1 aromatic rings. The fourth-order valence-electron chi connectivity index (χ4n) is 1.32. The molecule has 70 valence electrons. The highest BCUT2D eigenvalue weighted by atomic mass is 15.1. The lowest BCUT2D eigenvalue weighted by Gasteiger charge is -2.21. The van der Waals surface area contributed by atoms with Gasteiger partial charge < -0.3 is 4.90 Å². The Kier molecular flexibility index (Phi) is 3.13. The van der Waals surface area contributed by atoms with Gasteiger partial charge in [-0.25, -0.2) is 0 Å². The molecular formula is C12H17N. The number of rotatable bonds is 2. The van der Waals surface area contributed by atoms with Crippen LogP contribution in [0.1, 0.15) is 19.4 Å². The van der Waals surface area contributed by atoms with Crippen molar-refractivity contribution in [1.82, 2.24) is 0 Å². The third kappa shape index (κ3) is 2.11. The number of anilines is 1. The van der Waals surface area contributed by atoms with Crippen LogP contribution in [-0.2, 0) is 0 Å². The van der Waals surface area contributed by atoms with Crippen molar-refractivity contribution in [3.05, 3.63) is 41.6 Å². The van der Waals surface area contributed by atoms with E-state index in [1.807, 2.05) is 0 Å². The van der Waals surface area contributed by atoms with Gasteiger partial charge >= 0.3 is 0 Å². The van der Waals surface area contributed by atoms with Gasteiger partial charge in [0.1, 0.15) is 0 Å².